The van der Waals surface area contributed by atoms with E-state index in [1.165, 1.54) is 23.7 Å². The van der Waals surface area contributed by atoms with Gasteiger partial charge in [-0.05, 0) is 62.8 Å². The van der Waals surface area contributed by atoms with Gasteiger partial charge in [0.25, 0.3) is 5.91 Å². The summed E-state index contributed by atoms with van der Waals surface area (Å²) in [5, 5.41) is 2.13. The molecule has 2 aromatic carbocycles. The Bertz CT molecular complexity index is 1400. The number of fused-ring (bicyclic) bond motifs is 2. The summed E-state index contributed by atoms with van der Waals surface area (Å²) in [5.41, 5.74) is 10.7. The normalized spacial score (nSPS) is 18.7. The summed E-state index contributed by atoms with van der Waals surface area (Å²) in [6.07, 6.45) is 4.46. The Balaban J connectivity index is 1.47. The lowest BCUT2D eigenvalue weighted by atomic mass is 10.0. The predicted molar refractivity (Wildman–Crippen MR) is 134 cm³/mol. The van der Waals surface area contributed by atoms with Crippen molar-refractivity contribution < 1.29 is 13.9 Å². The molecule has 6 rings (SSSR count). The molecule has 0 bridgehead atoms. The van der Waals surface area contributed by atoms with Gasteiger partial charge in [0.15, 0.2) is 5.76 Å². The fourth-order valence-corrected chi connectivity index (χ4v) is 5.40. The fourth-order valence-electron chi connectivity index (χ4n) is 5.40. The van der Waals surface area contributed by atoms with Gasteiger partial charge in [-0.25, -0.2) is 0 Å². The number of likely N-dealkylation sites (tertiary alicyclic amines) is 1. The van der Waals surface area contributed by atoms with Crippen molar-refractivity contribution in [3.8, 4) is 17.2 Å². The van der Waals surface area contributed by atoms with E-state index >= 15 is 0 Å². The average Bonchev–Trinajstić information content (AvgIpc) is 3.52. The summed E-state index contributed by atoms with van der Waals surface area (Å²) < 4.78 is 14.7. The van der Waals surface area contributed by atoms with Crippen LogP contribution in [-0.4, -0.2) is 41.6 Å². The number of benzene rings is 2. The van der Waals surface area contributed by atoms with Crippen LogP contribution in [0.1, 0.15) is 41.6 Å². The zero-order chi connectivity index (χ0) is 23.4. The van der Waals surface area contributed by atoms with Crippen molar-refractivity contribution >= 4 is 27.8 Å². The minimum Gasteiger partial charge on any atom is -0.496 e. The molecule has 176 valence electrons. The third kappa shape index (κ3) is 3.57. The number of amides is 1. The molecule has 1 unspecified atom stereocenters. The predicted octanol–water partition coefficient (Wildman–Crippen LogP) is 5.34. The van der Waals surface area contributed by atoms with Gasteiger partial charge in [0.2, 0.25) is 0 Å². The van der Waals surface area contributed by atoms with Crippen molar-refractivity contribution in [2.24, 2.45) is 11.7 Å². The van der Waals surface area contributed by atoms with Gasteiger partial charge in [-0.15, -0.1) is 0 Å². The molecule has 2 fully saturated rings. The van der Waals surface area contributed by atoms with Crippen LogP contribution in [0.4, 0.5) is 0 Å². The van der Waals surface area contributed by atoms with Gasteiger partial charge in [0.1, 0.15) is 11.3 Å². The summed E-state index contributed by atoms with van der Waals surface area (Å²) in [4.78, 5) is 15.1. The monoisotopic (exact) mass is 457 g/mol. The molecule has 34 heavy (non-hydrogen) atoms. The van der Waals surface area contributed by atoms with E-state index in [0.29, 0.717) is 23.4 Å². The molecule has 6 nitrogen and oxygen atoms in total. The van der Waals surface area contributed by atoms with E-state index in [0.717, 1.165) is 54.3 Å². The van der Waals surface area contributed by atoms with Crippen molar-refractivity contribution in [1.29, 1.82) is 0 Å². The third-order valence-corrected chi connectivity index (χ3v) is 7.39. The molecule has 0 spiro atoms. The number of methoxy groups -OCH3 is 1. The highest BCUT2D eigenvalue weighted by Gasteiger charge is 2.28. The van der Waals surface area contributed by atoms with Crippen LogP contribution in [0.15, 0.2) is 46.9 Å². The molecular formula is C28H31N3O3. The molecule has 2 aliphatic rings. The molecule has 2 aromatic heterocycles. The Kier molecular flexibility index (Phi) is 5.14. The molecule has 1 aliphatic carbocycles. The number of rotatable bonds is 5. The van der Waals surface area contributed by atoms with Crippen LogP contribution in [0.25, 0.3) is 33.3 Å². The lowest BCUT2D eigenvalue weighted by molar-refractivity contribution is 0.0708. The lowest BCUT2D eigenvalue weighted by Crippen LogP contribution is -2.45. The van der Waals surface area contributed by atoms with Gasteiger partial charge >= 0.3 is 0 Å². The second-order valence-corrected chi connectivity index (χ2v) is 9.90. The number of aryl methyl sites for hydroxylation is 1. The van der Waals surface area contributed by atoms with Crippen molar-refractivity contribution in [2.45, 2.75) is 45.2 Å². The zero-order valence-corrected chi connectivity index (χ0v) is 19.8. The quantitative estimate of drug-likeness (QED) is 0.439. The zero-order valence-electron chi connectivity index (χ0n) is 19.8. The first-order valence-corrected chi connectivity index (χ1v) is 12.3. The number of nitrogens with two attached hydrogens (primary N) is 1. The number of para-hydroxylation sites is 1. The summed E-state index contributed by atoms with van der Waals surface area (Å²) in [6.45, 7) is 4.39. The maximum Gasteiger partial charge on any atom is 0.254 e. The number of aromatic nitrogens is 1. The summed E-state index contributed by atoms with van der Waals surface area (Å²) in [5.74, 6) is 2.22. The van der Waals surface area contributed by atoms with E-state index in [-0.39, 0.29) is 11.9 Å². The number of carbonyl (C=O) groups is 1. The third-order valence-electron chi connectivity index (χ3n) is 7.39. The Hall–Kier alpha value is -3.25. The van der Waals surface area contributed by atoms with Crippen LogP contribution in [0, 0.1) is 12.8 Å². The smallest absolute Gasteiger partial charge is 0.254 e. The van der Waals surface area contributed by atoms with E-state index in [1.54, 1.807) is 7.11 Å². The second-order valence-electron chi connectivity index (χ2n) is 9.90. The largest absolute Gasteiger partial charge is 0.496 e. The van der Waals surface area contributed by atoms with Crippen molar-refractivity contribution in [1.82, 2.24) is 9.47 Å². The molecule has 6 heteroatoms. The first-order valence-electron chi connectivity index (χ1n) is 12.3. The highest BCUT2D eigenvalue weighted by atomic mass is 16.5. The number of nitrogens with zero attached hydrogens (tertiary/aromatic N) is 2. The minimum absolute atomic E-state index is 0.0196. The minimum atomic E-state index is -0.0196. The Morgan fingerprint density at radius 2 is 2.00 bits per heavy atom. The number of piperidine rings is 1. The Morgan fingerprint density at radius 3 is 2.76 bits per heavy atom. The SMILES string of the molecule is COc1cc(C(=O)N2CCCC(N)C2)cc2oc(-c3cc4ccccc4n3CC3CC3)c(C)c12. The average molecular weight is 458 g/mol. The highest BCUT2D eigenvalue weighted by molar-refractivity contribution is 6.02. The molecule has 1 aliphatic heterocycles. The van der Waals surface area contributed by atoms with Crippen LogP contribution in [0.3, 0.4) is 0 Å². The van der Waals surface area contributed by atoms with Crippen LogP contribution in [-0.2, 0) is 6.54 Å². The molecule has 1 amide bonds. The van der Waals surface area contributed by atoms with E-state index in [9.17, 15) is 4.79 Å². The fraction of sp³-hybridized carbons (Fsp3) is 0.393. The van der Waals surface area contributed by atoms with Gasteiger partial charge < -0.3 is 24.4 Å². The van der Waals surface area contributed by atoms with Gasteiger partial charge in [-0.2, -0.15) is 0 Å². The van der Waals surface area contributed by atoms with E-state index in [2.05, 4.69) is 41.8 Å². The first-order chi connectivity index (χ1) is 16.5. The number of ether oxygens (including phenoxy) is 1. The van der Waals surface area contributed by atoms with Gasteiger partial charge in [0, 0.05) is 47.7 Å². The molecule has 4 aromatic rings. The molecule has 1 saturated carbocycles. The summed E-state index contributed by atoms with van der Waals surface area (Å²) in [6, 6.07) is 14.5. The number of hydrogen-bond donors (Lipinski definition) is 1. The van der Waals surface area contributed by atoms with Gasteiger partial charge in [0.05, 0.1) is 18.2 Å². The molecule has 0 radical (unpaired) electrons. The van der Waals surface area contributed by atoms with Crippen molar-refractivity contribution in [3.63, 3.8) is 0 Å². The highest BCUT2D eigenvalue weighted by Crippen LogP contribution is 2.42. The van der Waals surface area contributed by atoms with Crippen molar-refractivity contribution in [2.75, 3.05) is 20.2 Å². The van der Waals surface area contributed by atoms with Gasteiger partial charge in [-0.3, -0.25) is 4.79 Å². The first kappa shape index (κ1) is 21.3. The summed E-state index contributed by atoms with van der Waals surface area (Å²) >= 11 is 0. The second kappa shape index (κ2) is 8.20. The van der Waals surface area contributed by atoms with E-state index in [4.69, 9.17) is 14.9 Å². The lowest BCUT2D eigenvalue weighted by Gasteiger charge is -2.30. The van der Waals surface area contributed by atoms with Gasteiger partial charge in [-0.1, -0.05) is 18.2 Å². The molecule has 3 heterocycles. The van der Waals surface area contributed by atoms with Crippen molar-refractivity contribution in [3.05, 3.63) is 53.6 Å². The van der Waals surface area contributed by atoms with E-state index in [1.807, 2.05) is 17.0 Å². The standard InChI is InChI=1S/C28H31N3O3/c1-17-26-24(33-2)13-20(28(32)30-11-5-7-21(29)16-30)14-25(26)34-27(17)23-12-19-6-3-4-8-22(19)31(23)15-18-9-10-18/h3-4,6,8,12-14,18,21H,5,7,9-11,15-16,29H2,1-2H3. The maximum atomic E-state index is 13.3. The van der Waals surface area contributed by atoms with Crippen LogP contribution < -0.4 is 10.5 Å². The number of furan rings is 1. The molecule has 2 N–H and O–H groups in total. The molecular weight excluding hydrogens is 426 g/mol. The maximum absolute atomic E-state index is 13.3. The summed E-state index contributed by atoms with van der Waals surface area (Å²) in [7, 11) is 1.65. The number of hydrogen-bond acceptors (Lipinski definition) is 4. The van der Waals surface area contributed by atoms with E-state index < -0.39 is 0 Å². The molecule has 1 atom stereocenters. The van der Waals surface area contributed by atoms with Crippen LogP contribution in [0.5, 0.6) is 5.75 Å². The Morgan fingerprint density at radius 1 is 1.18 bits per heavy atom. The number of carbonyl (C=O) groups excluding carboxylic acids is 1. The topological polar surface area (TPSA) is 73.6 Å². The Labute approximate surface area is 199 Å². The molecule has 1 saturated heterocycles. The van der Waals surface area contributed by atoms with Crippen LogP contribution >= 0.6 is 0 Å². The van der Waals surface area contributed by atoms with Crippen LogP contribution in [0.2, 0.25) is 0 Å².